The second kappa shape index (κ2) is 8.44. The molecule has 0 aromatic heterocycles. The summed E-state index contributed by atoms with van der Waals surface area (Å²) < 4.78 is 5.35. The van der Waals surface area contributed by atoms with Crippen LogP contribution in [-0.2, 0) is 9.53 Å². The fourth-order valence-corrected chi connectivity index (χ4v) is 3.71. The zero-order chi connectivity index (χ0) is 20.3. The van der Waals surface area contributed by atoms with Crippen LogP contribution in [0.5, 0.6) is 0 Å². The lowest BCUT2D eigenvalue weighted by molar-refractivity contribution is -0.142. The lowest BCUT2D eigenvalue weighted by Gasteiger charge is -2.22. The van der Waals surface area contributed by atoms with Crippen LogP contribution in [0.2, 0.25) is 0 Å². The zero-order valence-electron chi connectivity index (χ0n) is 16.0. The topological polar surface area (TPSA) is 95.9 Å². The Bertz CT molecular complexity index is 818. The molecule has 3 rings (SSSR count). The maximum Gasteiger partial charge on any atom is 0.407 e. The third-order valence-electron chi connectivity index (χ3n) is 4.98. The molecule has 1 aliphatic rings. The first kappa shape index (κ1) is 19.9. The van der Waals surface area contributed by atoms with Gasteiger partial charge in [0.2, 0.25) is 0 Å². The average Bonchev–Trinajstić information content (AvgIpc) is 2.97. The molecule has 6 nitrogen and oxygen atoms in total. The van der Waals surface area contributed by atoms with Crippen molar-refractivity contribution in [3.63, 3.8) is 0 Å². The number of carbonyl (C=O) groups excluding carboxylic acids is 1. The van der Waals surface area contributed by atoms with Crippen molar-refractivity contribution >= 4 is 12.1 Å². The van der Waals surface area contributed by atoms with Crippen LogP contribution in [0.15, 0.2) is 48.5 Å². The number of benzene rings is 2. The summed E-state index contributed by atoms with van der Waals surface area (Å²) in [7, 11) is 0. The summed E-state index contributed by atoms with van der Waals surface area (Å²) in [5, 5.41) is 21.7. The molecule has 0 radical (unpaired) electrons. The van der Waals surface area contributed by atoms with Gasteiger partial charge in [-0.2, -0.15) is 0 Å². The van der Waals surface area contributed by atoms with Crippen molar-refractivity contribution in [3.8, 4) is 11.1 Å². The molecule has 2 atom stereocenters. The van der Waals surface area contributed by atoms with E-state index < -0.39 is 24.2 Å². The molecule has 1 amide bonds. The number of carbonyl (C=O) groups is 2. The predicted octanol–water partition coefficient (Wildman–Crippen LogP) is 3.39. The van der Waals surface area contributed by atoms with E-state index in [-0.39, 0.29) is 24.9 Å². The second-order valence-electron chi connectivity index (χ2n) is 7.48. The first-order valence-electron chi connectivity index (χ1n) is 9.41. The summed E-state index contributed by atoms with van der Waals surface area (Å²) in [6.07, 6.45) is -1.77. The normalized spacial score (nSPS) is 14.9. The van der Waals surface area contributed by atoms with Crippen LogP contribution >= 0.6 is 0 Å². The van der Waals surface area contributed by atoms with E-state index in [0.29, 0.717) is 0 Å². The highest BCUT2D eigenvalue weighted by Gasteiger charge is 2.31. The van der Waals surface area contributed by atoms with Gasteiger partial charge in [-0.15, -0.1) is 0 Å². The molecule has 6 heteroatoms. The number of aliphatic carboxylic acids is 1. The Morgan fingerprint density at radius 1 is 1.04 bits per heavy atom. The number of alkyl carbamates (subject to hydrolysis) is 1. The number of carboxylic acids is 1. The number of aliphatic hydroxyl groups is 1. The Kier molecular flexibility index (Phi) is 5.99. The van der Waals surface area contributed by atoms with Gasteiger partial charge < -0.3 is 20.3 Å². The van der Waals surface area contributed by atoms with Gasteiger partial charge >= 0.3 is 12.1 Å². The average molecular weight is 383 g/mol. The number of ether oxygens (including phenoxy) is 1. The molecule has 148 valence electrons. The first-order valence-corrected chi connectivity index (χ1v) is 9.41. The molecule has 0 spiro atoms. The summed E-state index contributed by atoms with van der Waals surface area (Å²) in [5.41, 5.74) is 4.38. The molecule has 0 saturated heterocycles. The molecule has 0 aliphatic heterocycles. The van der Waals surface area contributed by atoms with Crippen LogP contribution in [0.25, 0.3) is 11.1 Å². The van der Waals surface area contributed by atoms with Crippen LogP contribution in [0, 0.1) is 5.92 Å². The molecular formula is C22H25NO5. The maximum absolute atomic E-state index is 12.2. The van der Waals surface area contributed by atoms with Gasteiger partial charge in [0.1, 0.15) is 6.61 Å². The minimum Gasteiger partial charge on any atom is -0.480 e. The molecule has 0 heterocycles. The molecule has 2 unspecified atom stereocenters. The van der Waals surface area contributed by atoms with E-state index >= 15 is 0 Å². The lowest BCUT2D eigenvalue weighted by atomic mass is 9.98. The summed E-state index contributed by atoms with van der Waals surface area (Å²) in [5.74, 6) is -1.30. The Morgan fingerprint density at radius 3 is 2.07 bits per heavy atom. The van der Waals surface area contributed by atoms with Crippen molar-refractivity contribution in [2.75, 3.05) is 6.61 Å². The number of hydrogen-bond donors (Lipinski definition) is 3. The number of aliphatic hydroxyl groups excluding tert-OH is 1. The minimum atomic E-state index is -1.40. The number of amides is 1. The SMILES string of the molecule is CC(C)CC(O)C(NC(=O)OCC1c2ccccc2-c2ccccc21)C(=O)O. The van der Waals surface area contributed by atoms with E-state index in [1.807, 2.05) is 62.4 Å². The fourth-order valence-electron chi connectivity index (χ4n) is 3.71. The number of hydrogen-bond acceptors (Lipinski definition) is 4. The van der Waals surface area contributed by atoms with Crippen LogP contribution < -0.4 is 5.32 Å². The number of fused-ring (bicyclic) bond motifs is 3. The molecule has 2 aromatic carbocycles. The first-order chi connectivity index (χ1) is 13.4. The molecule has 28 heavy (non-hydrogen) atoms. The van der Waals surface area contributed by atoms with Crippen molar-refractivity contribution < 1.29 is 24.5 Å². The molecular weight excluding hydrogens is 358 g/mol. The third kappa shape index (κ3) is 4.17. The van der Waals surface area contributed by atoms with Crippen LogP contribution in [0.1, 0.15) is 37.3 Å². The maximum atomic E-state index is 12.2. The molecule has 2 aromatic rings. The highest BCUT2D eigenvalue weighted by Crippen LogP contribution is 2.44. The van der Waals surface area contributed by atoms with Crippen molar-refractivity contribution in [2.45, 2.75) is 38.3 Å². The minimum absolute atomic E-state index is 0.0898. The highest BCUT2D eigenvalue weighted by molar-refractivity contribution is 5.81. The van der Waals surface area contributed by atoms with E-state index in [4.69, 9.17) is 4.74 Å². The van der Waals surface area contributed by atoms with Crippen molar-refractivity contribution in [2.24, 2.45) is 5.92 Å². The lowest BCUT2D eigenvalue weighted by Crippen LogP contribution is -2.49. The second-order valence-corrected chi connectivity index (χ2v) is 7.48. The number of carboxylic acid groups (broad SMARTS) is 1. The van der Waals surface area contributed by atoms with Gasteiger partial charge in [-0.25, -0.2) is 9.59 Å². The summed E-state index contributed by atoms with van der Waals surface area (Å²) in [6, 6.07) is 14.5. The van der Waals surface area contributed by atoms with Gasteiger partial charge in [-0.3, -0.25) is 0 Å². The van der Waals surface area contributed by atoms with Crippen LogP contribution in [0.4, 0.5) is 4.79 Å². The van der Waals surface area contributed by atoms with E-state index in [9.17, 15) is 19.8 Å². The molecule has 1 aliphatic carbocycles. The van der Waals surface area contributed by atoms with E-state index in [2.05, 4.69) is 5.32 Å². The molecule has 0 bridgehead atoms. The van der Waals surface area contributed by atoms with Gasteiger partial charge in [-0.05, 0) is 34.6 Å². The van der Waals surface area contributed by atoms with Crippen LogP contribution in [0.3, 0.4) is 0 Å². The Balaban J connectivity index is 1.68. The standard InChI is InChI=1S/C22H25NO5/c1-13(2)11-19(24)20(21(25)26)23-22(27)28-12-18-16-9-5-3-7-14(16)15-8-4-6-10-17(15)18/h3-10,13,18-20,24H,11-12H2,1-2H3,(H,23,27)(H,25,26). The molecule has 3 N–H and O–H groups in total. The van der Waals surface area contributed by atoms with Gasteiger partial charge in [0.15, 0.2) is 6.04 Å². The number of rotatable bonds is 7. The van der Waals surface area contributed by atoms with Gasteiger partial charge in [0.05, 0.1) is 6.10 Å². The van der Waals surface area contributed by atoms with Crippen LogP contribution in [-0.4, -0.2) is 41.0 Å². The summed E-state index contributed by atoms with van der Waals surface area (Å²) in [4.78, 5) is 23.6. The monoisotopic (exact) mass is 383 g/mol. The molecule has 0 saturated carbocycles. The van der Waals surface area contributed by atoms with E-state index in [1.54, 1.807) is 0 Å². The Hall–Kier alpha value is -2.86. The Morgan fingerprint density at radius 2 is 1.57 bits per heavy atom. The number of nitrogens with one attached hydrogen (secondary N) is 1. The third-order valence-corrected chi connectivity index (χ3v) is 4.98. The molecule has 0 fully saturated rings. The summed E-state index contributed by atoms with van der Waals surface area (Å²) in [6.45, 7) is 3.83. The predicted molar refractivity (Wildman–Crippen MR) is 105 cm³/mol. The fraction of sp³-hybridized carbons (Fsp3) is 0.364. The largest absolute Gasteiger partial charge is 0.480 e. The Labute approximate surface area is 164 Å². The summed E-state index contributed by atoms with van der Waals surface area (Å²) >= 11 is 0. The smallest absolute Gasteiger partial charge is 0.407 e. The van der Waals surface area contributed by atoms with Crippen molar-refractivity contribution in [3.05, 3.63) is 59.7 Å². The zero-order valence-corrected chi connectivity index (χ0v) is 16.0. The van der Waals surface area contributed by atoms with Crippen molar-refractivity contribution in [1.29, 1.82) is 0 Å². The quantitative estimate of drug-likeness (QED) is 0.681. The van der Waals surface area contributed by atoms with Crippen molar-refractivity contribution in [1.82, 2.24) is 5.32 Å². The van der Waals surface area contributed by atoms with E-state index in [1.165, 1.54) is 0 Å². The van der Waals surface area contributed by atoms with Gasteiger partial charge in [-0.1, -0.05) is 62.4 Å². The van der Waals surface area contributed by atoms with Gasteiger partial charge in [0, 0.05) is 5.92 Å². The highest BCUT2D eigenvalue weighted by atomic mass is 16.5. The van der Waals surface area contributed by atoms with E-state index in [0.717, 1.165) is 22.3 Å². The van der Waals surface area contributed by atoms with Gasteiger partial charge in [0.25, 0.3) is 0 Å².